The molecular weight excluding hydrogens is 402 g/mol. The molecule has 0 saturated heterocycles. The van der Waals surface area contributed by atoms with Crippen molar-refractivity contribution in [1.29, 1.82) is 0 Å². The summed E-state index contributed by atoms with van der Waals surface area (Å²) in [5, 5.41) is 8.04. The minimum absolute atomic E-state index is 0.111. The van der Waals surface area contributed by atoms with Crippen molar-refractivity contribution in [3.63, 3.8) is 0 Å². The molecule has 2 aromatic carbocycles. The van der Waals surface area contributed by atoms with E-state index in [0.29, 0.717) is 17.0 Å². The van der Waals surface area contributed by atoms with Crippen molar-refractivity contribution in [2.24, 2.45) is 0 Å². The van der Waals surface area contributed by atoms with Gasteiger partial charge in [0.15, 0.2) is 11.5 Å². The Morgan fingerprint density at radius 2 is 2.03 bits per heavy atom. The lowest BCUT2D eigenvalue weighted by Gasteiger charge is -2.14. The maximum Gasteiger partial charge on any atom is 0.259 e. The van der Waals surface area contributed by atoms with Gasteiger partial charge in [0.2, 0.25) is 0 Å². The average Bonchev–Trinajstić information content (AvgIpc) is 3.36. The summed E-state index contributed by atoms with van der Waals surface area (Å²) in [5.74, 6) is 3.02. The van der Waals surface area contributed by atoms with Gasteiger partial charge in [-0.05, 0) is 36.8 Å². The van der Waals surface area contributed by atoms with Crippen molar-refractivity contribution < 1.29 is 9.21 Å². The van der Waals surface area contributed by atoms with E-state index in [4.69, 9.17) is 16.6 Å². The number of carbonyl (C=O) groups is 1. The predicted octanol–water partition coefficient (Wildman–Crippen LogP) is 4.20. The smallest absolute Gasteiger partial charge is 0.259 e. The summed E-state index contributed by atoms with van der Waals surface area (Å²) in [7, 11) is 0. The summed E-state index contributed by atoms with van der Waals surface area (Å²) in [6.45, 7) is 1.86. The molecule has 0 bridgehead atoms. The Bertz CT molecular complexity index is 1510. The molecular formula is C25H19N5O2. The quantitative estimate of drug-likeness (QED) is 0.424. The number of furan rings is 1. The zero-order chi connectivity index (χ0) is 22.2. The van der Waals surface area contributed by atoms with Crippen molar-refractivity contribution in [3.05, 3.63) is 83.9 Å². The predicted molar refractivity (Wildman–Crippen MR) is 123 cm³/mol. The van der Waals surface area contributed by atoms with Crippen molar-refractivity contribution in [3.8, 4) is 23.5 Å². The van der Waals surface area contributed by atoms with Gasteiger partial charge in [0.05, 0.1) is 6.04 Å². The topological polar surface area (TPSA) is 98.5 Å². The summed E-state index contributed by atoms with van der Waals surface area (Å²) in [6.07, 6.45) is 8.89. The van der Waals surface area contributed by atoms with Crippen molar-refractivity contribution in [2.45, 2.75) is 13.0 Å². The number of terminal acetylenes is 1. The van der Waals surface area contributed by atoms with Crippen LogP contribution in [0.4, 0.5) is 5.82 Å². The Balaban J connectivity index is 1.59. The number of fused-ring (bicyclic) bond motifs is 2. The molecule has 0 fully saturated rings. The number of aromatic nitrogens is 3. The van der Waals surface area contributed by atoms with E-state index in [-0.39, 0.29) is 17.3 Å². The van der Waals surface area contributed by atoms with Crippen LogP contribution in [0.15, 0.2) is 71.4 Å². The van der Waals surface area contributed by atoms with Crippen LogP contribution in [0.2, 0.25) is 0 Å². The molecule has 0 radical (unpaired) electrons. The van der Waals surface area contributed by atoms with Gasteiger partial charge in [-0.3, -0.25) is 4.79 Å². The number of carbonyl (C=O) groups excluding carboxylic acids is 1. The number of benzene rings is 2. The van der Waals surface area contributed by atoms with Gasteiger partial charge in [-0.1, -0.05) is 36.3 Å². The molecule has 0 spiro atoms. The molecule has 0 aliphatic heterocycles. The van der Waals surface area contributed by atoms with E-state index in [0.717, 1.165) is 22.1 Å². The minimum Gasteiger partial charge on any atom is -0.458 e. The normalized spacial score (nSPS) is 12.0. The van der Waals surface area contributed by atoms with Gasteiger partial charge in [0.25, 0.3) is 5.91 Å². The lowest BCUT2D eigenvalue weighted by atomic mass is 9.98. The fourth-order valence-corrected chi connectivity index (χ4v) is 3.87. The maximum atomic E-state index is 13.1. The lowest BCUT2D eigenvalue weighted by Crippen LogP contribution is -2.27. The Morgan fingerprint density at radius 3 is 2.81 bits per heavy atom. The fourth-order valence-electron chi connectivity index (χ4n) is 3.87. The molecule has 3 N–H and O–H groups in total. The number of nitrogens with zero attached hydrogens (tertiary/aromatic N) is 3. The first kappa shape index (κ1) is 19.4. The fraction of sp³-hybridized carbons (Fsp3) is 0.0800. The third-order valence-corrected chi connectivity index (χ3v) is 5.33. The Morgan fingerprint density at radius 1 is 1.22 bits per heavy atom. The average molecular weight is 421 g/mol. The highest BCUT2D eigenvalue weighted by molar-refractivity contribution is 6.04. The Kier molecular flexibility index (Phi) is 4.61. The summed E-state index contributed by atoms with van der Waals surface area (Å²) in [5.41, 5.74) is 9.92. The van der Waals surface area contributed by atoms with Crippen LogP contribution in [-0.4, -0.2) is 20.5 Å². The summed E-state index contributed by atoms with van der Waals surface area (Å²) in [4.78, 5) is 17.4. The van der Waals surface area contributed by atoms with Crippen LogP contribution >= 0.6 is 0 Å². The summed E-state index contributed by atoms with van der Waals surface area (Å²) >= 11 is 0. The number of anilines is 1. The van der Waals surface area contributed by atoms with Crippen molar-refractivity contribution >= 4 is 28.3 Å². The van der Waals surface area contributed by atoms with Gasteiger partial charge in [-0.15, -0.1) is 11.5 Å². The third-order valence-electron chi connectivity index (χ3n) is 5.33. The monoisotopic (exact) mass is 421 g/mol. The second-order valence-corrected chi connectivity index (χ2v) is 7.41. The van der Waals surface area contributed by atoms with E-state index < -0.39 is 6.04 Å². The molecule has 3 aromatic heterocycles. The molecule has 5 aromatic rings. The van der Waals surface area contributed by atoms with Crippen LogP contribution in [0.3, 0.4) is 0 Å². The Labute approximate surface area is 183 Å². The lowest BCUT2D eigenvalue weighted by molar-refractivity contribution is 0.0938. The first-order valence-electron chi connectivity index (χ1n) is 10.0. The van der Waals surface area contributed by atoms with Crippen LogP contribution in [0.1, 0.15) is 34.6 Å². The molecule has 7 nitrogen and oxygen atoms in total. The molecule has 32 heavy (non-hydrogen) atoms. The number of nitrogen functional groups attached to an aromatic ring is 1. The van der Waals surface area contributed by atoms with Gasteiger partial charge >= 0.3 is 0 Å². The number of amides is 1. The number of nitrogens with one attached hydrogen (secondary N) is 1. The van der Waals surface area contributed by atoms with E-state index >= 15 is 0 Å². The van der Waals surface area contributed by atoms with Crippen LogP contribution in [0, 0.1) is 12.3 Å². The van der Waals surface area contributed by atoms with Crippen LogP contribution in [-0.2, 0) is 0 Å². The molecule has 0 aliphatic rings. The molecule has 0 aliphatic carbocycles. The zero-order valence-corrected chi connectivity index (χ0v) is 17.2. The second kappa shape index (κ2) is 7.60. The van der Waals surface area contributed by atoms with Crippen molar-refractivity contribution in [2.75, 3.05) is 5.73 Å². The van der Waals surface area contributed by atoms with Crippen LogP contribution in [0.5, 0.6) is 0 Å². The van der Waals surface area contributed by atoms with E-state index in [9.17, 15) is 4.79 Å². The Hall–Kier alpha value is -4.57. The molecule has 0 saturated carbocycles. The SMILES string of the molecule is C#Cc1ccc2oc([C@@H](C)NC(=O)c3c(N)nn4cccnc34)c(-c3ccccc3)c2c1. The molecule has 1 atom stereocenters. The van der Waals surface area contributed by atoms with Gasteiger partial charge in [-0.2, -0.15) is 0 Å². The third kappa shape index (κ3) is 3.15. The highest BCUT2D eigenvalue weighted by atomic mass is 16.3. The van der Waals surface area contributed by atoms with E-state index in [1.165, 1.54) is 4.52 Å². The van der Waals surface area contributed by atoms with Gasteiger partial charge in [-0.25, -0.2) is 9.50 Å². The first-order chi connectivity index (χ1) is 15.6. The summed E-state index contributed by atoms with van der Waals surface area (Å²) in [6, 6.07) is 16.7. The summed E-state index contributed by atoms with van der Waals surface area (Å²) < 4.78 is 7.68. The van der Waals surface area contributed by atoms with Gasteiger partial charge < -0.3 is 15.5 Å². The number of hydrogen-bond acceptors (Lipinski definition) is 5. The molecule has 7 heteroatoms. The van der Waals surface area contributed by atoms with Gasteiger partial charge in [0, 0.05) is 28.9 Å². The zero-order valence-electron chi connectivity index (χ0n) is 17.2. The molecule has 156 valence electrons. The molecule has 0 unspecified atom stereocenters. The highest BCUT2D eigenvalue weighted by Crippen LogP contribution is 2.38. The standard InChI is InChI=1S/C25H19N5O2/c1-3-16-10-11-19-18(14-16)20(17-8-5-4-6-9-17)22(32-19)15(2)28-25(31)21-23(26)29-30-13-7-12-27-24(21)30/h1,4-15H,2H3,(H2,26,29)(H,28,31)/t15-/m1/s1. The molecule has 3 heterocycles. The van der Waals surface area contributed by atoms with E-state index in [1.54, 1.807) is 18.5 Å². The molecule has 1 amide bonds. The number of rotatable bonds is 4. The maximum absolute atomic E-state index is 13.1. The minimum atomic E-state index is -0.461. The van der Waals surface area contributed by atoms with E-state index in [2.05, 4.69) is 21.3 Å². The van der Waals surface area contributed by atoms with Crippen LogP contribution in [0.25, 0.3) is 27.7 Å². The van der Waals surface area contributed by atoms with Crippen LogP contribution < -0.4 is 11.1 Å². The number of nitrogens with two attached hydrogens (primary N) is 1. The first-order valence-corrected chi connectivity index (χ1v) is 10.0. The van der Waals surface area contributed by atoms with E-state index in [1.807, 2.05) is 55.5 Å². The van der Waals surface area contributed by atoms with Gasteiger partial charge in [0.1, 0.15) is 16.9 Å². The number of hydrogen-bond donors (Lipinski definition) is 2. The second-order valence-electron chi connectivity index (χ2n) is 7.41. The highest BCUT2D eigenvalue weighted by Gasteiger charge is 2.25. The van der Waals surface area contributed by atoms with Crippen molar-refractivity contribution in [1.82, 2.24) is 19.9 Å². The molecule has 5 rings (SSSR count). The largest absolute Gasteiger partial charge is 0.458 e.